The van der Waals surface area contributed by atoms with Crippen molar-refractivity contribution in [2.45, 2.75) is 38.7 Å². The Hall–Kier alpha value is -5.19. The van der Waals surface area contributed by atoms with E-state index in [1.54, 1.807) is 12.1 Å². The first-order valence-electron chi connectivity index (χ1n) is 14.6. The first-order chi connectivity index (χ1) is 21.5. The highest BCUT2D eigenvalue weighted by atomic mass is 19.1. The summed E-state index contributed by atoms with van der Waals surface area (Å²) in [7, 11) is 1.91. The van der Waals surface area contributed by atoms with Gasteiger partial charge in [0.25, 0.3) is 5.56 Å². The van der Waals surface area contributed by atoms with E-state index in [-0.39, 0.29) is 24.1 Å². The van der Waals surface area contributed by atoms with Gasteiger partial charge >= 0.3 is 6.09 Å². The van der Waals surface area contributed by atoms with Gasteiger partial charge in [-0.15, -0.1) is 0 Å². The molecule has 1 saturated heterocycles. The van der Waals surface area contributed by atoms with E-state index in [2.05, 4.69) is 25.8 Å². The third-order valence-corrected chi connectivity index (χ3v) is 8.02. The molecule has 0 bridgehead atoms. The standard InChI is InChI=1S/C33H34FN7O3/c1-38(31-35-18-15-30(42)41(31)23-44-33(43)36-21-24-7-3-2-4-8-24)27-16-19-39(20-17-27)32-37-28-9-5-6-10-29(28)40(32)22-25-11-13-26(34)14-12-25/h2-15,18,27H,16-17,19-23H2,1H3,(H,36,43). The van der Waals surface area contributed by atoms with E-state index in [9.17, 15) is 14.0 Å². The van der Waals surface area contributed by atoms with Crippen molar-refractivity contribution in [2.24, 2.45) is 0 Å². The number of hydrogen-bond acceptors (Lipinski definition) is 7. The van der Waals surface area contributed by atoms with Gasteiger partial charge in [0.1, 0.15) is 5.82 Å². The number of piperidine rings is 1. The van der Waals surface area contributed by atoms with Crippen molar-refractivity contribution >= 4 is 29.0 Å². The molecule has 3 heterocycles. The molecule has 1 amide bonds. The summed E-state index contributed by atoms with van der Waals surface area (Å²) < 4.78 is 22.5. The summed E-state index contributed by atoms with van der Waals surface area (Å²) in [6, 6.07) is 25.6. The van der Waals surface area contributed by atoms with Crippen molar-refractivity contribution in [1.29, 1.82) is 0 Å². The number of para-hydroxylation sites is 2. The molecule has 5 aromatic rings. The van der Waals surface area contributed by atoms with E-state index in [1.165, 1.54) is 29.0 Å². The fourth-order valence-corrected chi connectivity index (χ4v) is 5.62. The number of rotatable bonds is 9. The van der Waals surface area contributed by atoms with Gasteiger partial charge in [0.05, 0.1) is 17.6 Å². The van der Waals surface area contributed by atoms with Gasteiger partial charge in [-0.25, -0.2) is 23.7 Å². The minimum atomic E-state index is -0.616. The highest BCUT2D eigenvalue weighted by molar-refractivity contribution is 5.79. The second-order valence-electron chi connectivity index (χ2n) is 10.9. The summed E-state index contributed by atoms with van der Waals surface area (Å²) in [5, 5.41) is 2.71. The van der Waals surface area contributed by atoms with Crippen LogP contribution in [0.5, 0.6) is 0 Å². The van der Waals surface area contributed by atoms with Crippen molar-refractivity contribution < 1.29 is 13.9 Å². The number of ether oxygens (including phenoxy) is 1. The lowest BCUT2D eigenvalue weighted by Gasteiger charge is -2.38. The first kappa shape index (κ1) is 28.9. The van der Waals surface area contributed by atoms with Gasteiger partial charge in [0.15, 0.2) is 6.73 Å². The number of amides is 1. The summed E-state index contributed by atoms with van der Waals surface area (Å²) in [6.45, 7) is 2.15. The van der Waals surface area contributed by atoms with Gasteiger partial charge in [-0.2, -0.15) is 0 Å². The van der Waals surface area contributed by atoms with E-state index >= 15 is 0 Å². The van der Waals surface area contributed by atoms with Crippen LogP contribution in [0.15, 0.2) is 95.9 Å². The Morgan fingerprint density at radius 2 is 1.68 bits per heavy atom. The van der Waals surface area contributed by atoms with Crippen molar-refractivity contribution in [2.75, 3.05) is 29.9 Å². The van der Waals surface area contributed by atoms with Crippen LogP contribution in [0.1, 0.15) is 24.0 Å². The maximum absolute atomic E-state index is 13.5. The number of fused-ring (bicyclic) bond motifs is 1. The Morgan fingerprint density at radius 3 is 2.45 bits per heavy atom. The number of carbonyl (C=O) groups is 1. The van der Waals surface area contributed by atoms with Crippen LogP contribution >= 0.6 is 0 Å². The largest absolute Gasteiger partial charge is 0.428 e. The molecule has 10 nitrogen and oxygen atoms in total. The van der Waals surface area contributed by atoms with Gasteiger partial charge in [0, 0.05) is 45.0 Å². The molecule has 44 heavy (non-hydrogen) atoms. The molecule has 0 saturated carbocycles. The number of imidazole rings is 1. The van der Waals surface area contributed by atoms with E-state index in [4.69, 9.17) is 9.72 Å². The molecule has 11 heteroatoms. The molecule has 3 aromatic carbocycles. The van der Waals surface area contributed by atoms with Crippen molar-refractivity contribution in [3.63, 3.8) is 0 Å². The lowest BCUT2D eigenvalue weighted by molar-refractivity contribution is 0.112. The summed E-state index contributed by atoms with van der Waals surface area (Å²) >= 11 is 0. The summed E-state index contributed by atoms with van der Waals surface area (Å²) in [5.74, 6) is 1.06. The molecule has 0 radical (unpaired) electrons. The molecule has 6 rings (SSSR count). The number of aromatic nitrogens is 4. The number of halogens is 1. The fourth-order valence-electron chi connectivity index (χ4n) is 5.62. The Bertz CT molecular complexity index is 1780. The molecule has 226 valence electrons. The minimum Gasteiger partial charge on any atom is -0.428 e. The molecule has 2 aromatic heterocycles. The maximum Gasteiger partial charge on any atom is 0.409 e. The quantitative estimate of drug-likeness (QED) is 0.262. The average molecular weight is 596 g/mol. The molecule has 0 spiro atoms. The summed E-state index contributed by atoms with van der Waals surface area (Å²) in [5.41, 5.74) is 3.57. The van der Waals surface area contributed by atoms with Crippen molar-refractivity contribution in [3.05, 3.63) is 118 Å². The van der Waals surface area contributed by atoms with E-state index in [1.807, 2.05) is 60.5 Å². The molecular weight excluding hydrogens is 561 g/mol. The predicted molar refractivity (Wildman–Crippen MR) is 167 cm³/mol. The van der Waals surface area contributed by atoms with E-state index in [0.29, 0.717) is 19.0 Å². The molecule has 0 atom stereocenters. The fraction of sp³-hybridized carbons (Fsp3) is 0.273. The monoisotopic (exact) mass is 595 g/mol. The highest BCUT2D eigenvalue weighted by Gasteiger charge is 2.28. The van der Waals surface area contributed by atoms with Crippen LogP contribution in [0, 0.1) is 5.82 Å². The van der Waals surface area contributed by atoms with Gasteiger partial charge in [-0.1, -0.05) is 54.6 Å². The molecule has 1 fully saturated rings. The SMILES string of the molecule is CN(c1nccc(=O)n1COC(=O)NCc1ccccc1)C1CCN(c2nc3ccccc3n2Cc2ccc(F)cc2)CC1. The van der Waals surface area contributed by atoms with Crippen LogP contribution in [-0.4, -0.2) is 51.4 Å². The van der Waals surface area contributed by atoms with Crippen molar-refractivity contribution in [3.8, 4) is 0 Å². The summed E-state index contributed by atoms with van der Waals surface area (Å²) in [4.78, 5) is 38.9. The third-order valence-electron chi connectivity index (χ3n) is 8.02. The van der Waals surface area contributed by atoms with Gasteiger partial charge < -0.3 is 24.4 Å². The number of anilines is 2. The lowest BCUT2D eigenvalue weighted by Crippen LogP contribution is -2.46. The third kappa shape index (κ3) is 6.41. The molecule has 0 aliphatic carbocycles. The second-order valence-corrected chi connectivity index (χ2v) is 10.9. The first-order valence-corrected chi connectivity index (χ1v) is 14.6. The molecule has 1 aliphatic heterocycles. The molecular formula is C33H34FN7O3. The zero-order valence-electron chi connectivity index (χ0n) is 24.5. The number of alkyl carbamates (subject to hydrolysis) is 1. The zero-order valence-corrected chi connectivity index (χ0v) is 24.5. The van der Waals surface area contributed by atoms with Crippen LogP contribution in [0.25, 0.3) is 11.0 Å². The van der Waals surface area contributed by atoms with Gasteiger partial charge in [0.2, 0.25) is 11.9 Å². The van der Waals surface area contributed by atoms with Gasteiger partial charge in [-0.3, -0.25) is 4.79 Å². The smallest absolute Gasteiger partial charge is 0.409 e. The number of carbonyl (C=O) groups excluding carboxylic acids is 1. The number of benzene rings is 3. The lowest BCUT2D eigenvalue weighted by atomic mass is 10.0. The number of hydrogen-bond donors (Lipinski definition) is 1. The maximum atomic E-state index is 13.5. The van der Waals surface area contributed by atoms with Crippen LogP contribution in [0.4, 0.5) is 21.1 Å². The Morgan fingerprint density at radius 1 is 0.955 bits per heavy atom. The van der Waals surface area contributed by atoms with Crippen LogP contribution in [-0.2, 0) is 24.6 Å². The van der Waals surface area contributed by atoms with Crippen LogP contribution in [0.2, 0.25) is 0 Å². The molecule has 1 N–H and O–H groups in total. The Labute approximate surface area is 254 Å². The predicted octanol–water partition coefficient (Wildman–Crippen LogP) is 4.77. The average Bonchev–Trinajstić information content (AvgIpc) is 3.42. The molecule has 0 unspecified atom stereocenters. The highest BCUT2D eigenvalue weighted by Crippen LogP contribution is 2.28. The summed E-state index contributed by atoms with van der Waals surface area (Å²) in [6.07, 6.45) is 2.47. The Balaban J connectivity index is 1.13. The Kier molecular flexibility index (Phi) is 8.53. The van der Waals surface area contributed by atoms with E-state index < -0.39 is 6.09 Å². The van der Waals surface area contributed by atoms with E-state index in [0.717, 1.165) is 54.0 Å². The number of nitrogens with one attached hydrogen (secondary N) is 1. The molecule has 1 aliphatic rings. The normalized spacial score (nSPS) is 13.6. The number of nitrogens with zero attached hydrogens (tertiary/aromatic N) is 6. The minimum absolute atomic E-state index is 0.105. The van der Waals surface area contributed by atoms with Crippen LogP contribution < -0.4 is 20.7 Å². The van der Waals surface area contributed by atoms with Crippen molar-refractivity contribution in [1.82, 2.24) is 24.4 Å². The van der Waals surface area contributed by atoms with Crippen LogP contribution in [0.3, 0.4) is 0 Å². The second kappa shape index (κ2) is 13.0. The van der Waals surface area contributed by atoms with Gasteiger partial charge in [-0.05, 0) is 48.2 Å². The zero-order chi connectivity index (χ0) is 30.5. The topological polar surface area (TPSA) is 97.5 Å².